The van der Waals surface area contributed by atoms with Gasteiger partial charge in [-0.2, -0.15) is 11.8 Å². The third kappa shape index (κ3) is 7.69. The Morgan fingerprint density at radius 1 is 1.14 bits per heavy atom. The maximum absolute atomic E-state index is 3.62. The fraction of sp³-hybridized carbons (Fsp3) is 1.00. The lowest BCUT2D eigenvalue weighted by molar-refractivity contribution is 0.434. The van der Waals surface area contributed by atoms with E-state index in [1.54, 1.807) is 0 Å². The molecule has 2 heteroatoms. The Bertz CT molecular complexity index is 115. The maximum Gasteiger partial charge on any atom is 0.0181 e. The molecule has 0 saturated heterocycles. The molecule has 14 heavy (non-hydrogen) atoms. The highest BCUT2D eigenvalue weighted by molar-refractivity contribution is 7.99. The Morgan fingerprint density at radius 3 is 2.36 bits per heavy atom. The minimum Gasteiger partial charge on any atom is -0.313 e. The molecular weight excluding hydrogens is 190 g/mol. The molecule has 86 valence electrons. The van der Waals surface area contributed by atoms with Gasteiger partial charge in [0, 0.05) is 11.8 Å². The number of rotatable bonds is 9. The van der Waals surface area contributed by atoms with Crippen molar-refractivity contribution in [2.75, 3.05) is 18.1 Å². The van der Waals surface area contributed by atoms with Crippen LogP contribution in [0.2, 0.25) is 0 Å². The van der Waals surface area contributed by atoms with Crippen molar-refractivity contribution in [3.05, 3.63) is 0 Å². The van der Waals surface area contributed by atoms with Crippen molar-refractivity contribution < 1.29 is 0 Å². The molecule has 0 amide bonds. The topological polar surface area (TPSA) is 12.0 Å². The van der Waals surface area contributed by atoms with E-state index in [9.17, 15) is 0 Å². The standard InChI is InChI=1S/C12H27NS/c1-5-7-9-14-10-12(11(3)4)13-8-6-2/h11-13H,5-10H2,1-4H3. The van der Waals surface area contributed by atoms with E-state index in [4.69, 9.17) is 0 Å². The number of nitrogens with one attached hydrogen (secondary N) is 1. The van der Waals surface area contributed by atoms with Crippen molar-refractivity contribution in [3.8, 4) is 0 Å². The average Bonchev–Trinajstić information content (AvgIpc) is 2.16. The molecule has 1 atom stereocenters. The Morgan fingerprint density at radius 2 is 1.86 bits per heavy atom. The normalized spacial score (nSPS) is 13.5. The molecule has 0 aliphatic rings. The van der Waals surface area contributed by atoms with Crippen LogP contribution in [-0.4, -0.2) is 24.1 Å². The van der Waals surface area contributed by atoms with Gasteiger partial charge in [-0.15, -0.1) is 0 Å². The zero-order chi connectivity index (χ0) is 10.8. The molecule has 0 radical (unpaired) electrons. The van der Waals surface area contributed by atoms with Crippen LogP contribution in [0, 0.1) is 5.92 Å². The van der Waals surface area contributed by atoms with Crippen LogP contribution in [0.15, 0.2) is 0 Å². The highest BCUT2D eigenvalue weighted by Gasteiger charge is 2.11. The van der Waals surface area contributed by atoms with Crippen molar-refractivity contribution in [1.29, 1.82) is 0 Å². The van der Waals surface area contributed by atoms with E-state index < -0.39 is 0 Å². The van der Waals surface area contributed by atoms with E-state index in [-0.39, 0.29) is 0 Å². The van der Waals surface area contributed by atoms with E-state index in [1.807, 2.05) is 0 Å². The van der Waals surface area contributed by atoms with Crippen LogP contribution >= 0.6 is 11.8 Å². The van der Waals surface area contributed by atoms with Gasteiger partial charge in [-0.05, 0) is 31.1 Å². The van der Waals surface area contributed by atoms with Crippen LogP contribution < -0.4 is 5.32 Å². The van der Waals surface area contributed by atoms with E-state index in [0.29, 0.717) is 6.04 Å². The summed E-state index contributed by atoms with van der Waals surface area (Å²) in [7, 11) is 0. The number of unbranched alkanes of at least 4 members (excludes halogenated alkanes) is 1. The van der Waals surface area contributed by atoms with Crippen LogP contribution in [0.4, 0.5) is 0 Å². The predicted octanol–water partition coefficient (Wildman–Crippen LogP) is 3.54. The highest BCUT2D eigenvalue weighted by Crippen LogP contribution is 2.11. The quantitative estimate of drug-likeness (QED) is 0.593. The van der Waals surface area contributed by atoms with Crippen molar-refractivity contribution in [3.63, 3.8) is 0 Å². The summed E-state index contributed by atoms with van der Waals surface area (Å²) in [6.45, 7) is 10.3. The van der Waals surface area contributed by atoms with Gasteiger partial charge in [-0.25, -0.2) is 0 Å². The summed E-state index contributed by atoms with van der Waals surface area (Å²) in [5.41, 5.74) is 0. The highest BCUT2D eigenvalue weighted by atomic mass is 32.2. The minimum atomic E-state index is 0.705. The summed E-state index contributed by atoms with van der Waals surface area (Å²) in [5, 5.41) is 3.62. The molecule has 0 aromatic heterocycles. The van der Waals surface area contributed by atoms with Gasteiger partial charge in [0.05, 0.1) is 0 Å². The molecule has 0 aromatic rings. The van der Waals surface area contributed by atoms with E-state index in [0.717, 1.165) is 12.5 Å². The molecule has 0 aliphatic carbocycles. The smallest absolute Gasteiger partial charge is 0.0181 e. The predicted molar refractivity (Wildman–Crippen MR) is 69.2 cm³/mol. The van der Waals surface area contributed by atoms with E-state index in [2.05, 4.69) is 44.8 Å². The molecule has 0 heterocycles. The van der Waals surface area contributed by atoms with Gasteiger partial charge >= 0.3 is 0 Å². The first-order valence-corrected chi connectivity index (χ1v) is 7.18. The van der Waals surface area contributed by atoms with Crippen LogP contribution in [0.1, 0.15) is 47.0 Å². The Kier molecular flexibility index (Phi) is 10.1. The molecule has 1 nitrogen and oxygen atoms in total. The monoisotopic (exact) mass is 217 g/mol. The third-order valence-corrected chi connectivity index (χ3v) is 3.57. The summed E-state index contributed by atoms with van der Waals surface area (Å²) in [5.74, 6) is 3.36. The Hall–Kier alpha value is 0.310. The lowest BCUT2D eigenvalue weighted by atomic mass is 10.1. The second-order valence-electron chi connectivity index (χ2n) is 4.23. The minimum absolute atomic E-state index is 0.705. The molecule has 0 fully saturated rings. The summed E-state index contributed by atoms with van der Waals surface area (Å²) < 4.78 is 0. The third-order valence-electron chi connectivity index (χ3n) is 2.40. The lowest BCUT2D eigenvalue weighted by Gasteiger charge is -2.21. The largest absolute Gasteiger partial charge is 0.313 e. The first-order chi connectivity index (χ1) is 6.72. The van der Waals surface area contributed by atoms with Gasteiger partial charge in [0.1, 0.15) is 0 Å². The number of hydrogen-bond donors (Lipinski definition) is 1. The molecule has 1 N–H and O–H groups in total. The van der Waals surface area contributed by atoms with E-state index >= 15 is 0 Å². The lowest BCUT2D eigenvalue weighted by Crippen LogP contribution is -2.36. The molecule has 0 aromatic carbocycles. The molecule has 0 bridgehead atoms. The van der Waals surface area contributed by atoms with Crippen molar-refractivity contribution >= 4 is 11.8 Å². The second kappa shape index (κ2) is 9.85. The van der Waals surface area contributed by atoms with Gasteiger partial charge < -0.3 is 5.32 Å². The first-order valence-electron chi connectivity index (χ1n) is 6.03. The molecule has 0 aliphatic heterocycles. The van der Waals surface area contributed by atoms with Crippen LogP contribution in [-0.2, 0) is 0 Å². The van der Waals surface area contributed by atoms with Gasteiger partial charge in [0.25, 0.3) is 0 Å². The van der Waals surface area contributed by atoms with Crippen molar-refractivity contribution in [1.82, 2.24) is 5.32 Å². The molecule has 0 spiro atoms. The van der Waals surface area contributed by atoms with Crippen LogP contribution in [0.5, 0.6) is 0 Å². The van der Waals surface area contributed by atoms with Gasteiger partial charge in [-0.3, -0.25) is 0 Å². The van der Waals surface area contributed by atoms with Crippen LogP contribution in [0.3, 0.4) is 0 Å². The summed E-state index contributed by atoms with van der Waals surface area (Å²) in [6.07, 6.45) is 3.92. The summed E-state index contributed by atoms with van der Waals surface area (Å²) in [4.78, 5) is 0. The number of hydrogen-bond acceptors (Lipinski definition) is 2. The molecule has 1 unspecified atom stereocenters. The summed E-state index contributed by atoms with van der Waals surface area (Å²) in [6, 6.07) is 0.705. The fourth-order valence-electron chi connectivity index (χ4n) is 1.27. The first kappa shape index (κ1) is 14.3. The summed E-state index contributed by atoms with van der Waals surface area (Å²) >= 11 is 2.10. The Labute approximate surface area is 94.4 Å². The fourth-order valence-corrected chi connectivity index (χ4v) is 2.69. The van der Waals surface area contributed by atoms with Gasteiger partial charge in [0.15, 0.2) is 0 Å². The number of thioether (sulfide) groups is 1. The average molecular weight is 217 g/mol. The van der Waals surface area contributed by atoms with Crippen molar-refractivity contribution in [2.24, 2.45) is 5.92 Å². The SMILES string of the molecule is CCCCSCC(NCCC)C(C)C. The van der Waals surface area contributed by atoms with E-state index in [1.165, 1.54) is 30.8 Å². The van der Waals surface area contributed by atoms with Gasteiger partial charge in [-0.1, -0.05) is 34.1 Å². The molecular formula is C12H27NS. The van der Waals surface area contributed by atoms with Crippen LogP contribution in [0.25, 0.3) is 0 Å². The Balaban J connectivity index is 3.52. The zero-order valence-electron chi connectivity index (χ0n) is 10.3. The maximum atomic E-state index is 3.62. The van der Waals surface area contributed by atoms with Gasteiger partial charge in [0.2, 0.25) is 0 Å². The molecule has 0 rings (SSSR count). The van der Waals surface area contributed by atoms with Crippen molar-refractivity contribution in [2.45, 2.75) is 53.0 Å². The second-order valence-corrected chi connectivity index (χ2v) is 5.38. The zero-order valence-corrected chi connectivity index (χ0v) is 11.1. The molecule has 0 saturated carbocycles.